The van der Waals surface area contributed by atoms with E-state index in [1.165, 1.54) is 23.5 Å². The lowest BCUT2D eigenvalue weighted by Crippen LogP contribution is -2.21. The van der Waals surface area contributed by atoms with Crippen molar-refractivity contribution in [1.29, 1.82) is 0 Å². The van der Waals surface area contributed by atoms with E-state index in [1.807, 2.05) is 0 Å². The van der Waals surface area contributed by atoms with E-state index in [9.17, 15) is 19.7 Å². The van der Waals surface area contributed by atoms with Crippen molar-refractivity contribution < 1.29 is 19.2 Å². The summed E-state index contributed by atoms with van der Waals surface area (Å²) < 4.78 is 5.63. The topological polar surface area (TPSA) is 98.5 Å². The second-order valence-electron chi connectivity index (χ2n) is 4.60. The Hall–Kier alpha value is -1.78. The van der Waals surface area contributed by atoms with Crippen LogP contribution in [0, 0.1) is 17.0 Å². The van der Waals surface area contributed by atoms with Crippen LogP contribution in [0.1, 0.15) is 15.2 Å². The average Bonchev–Trinajstić information content (AvgIpc) is 2.94. The summed E-state index contributed by atoms with van der Waals surface area (Å²) in [5, 5.41) is 15.1. The number of rotatable bonds is 5. The summed E-state index contributed by atoms with van der Waals surface area (Å²) in [6, 6.07) is 4.31. The zero-order valence-corrected chi connectivity index (χ0v) is 16.2. The minimum atomic E-state index is -0.570. The Morgan fingerprint density at radius 2 is 1.96 bits per heavy atom. The standard InChI is InChI=1S/C14H10Br2N2O5S/c1-7-2-3-24-13(7)14(20)23-6-11(19)17-12-9(15)4-8(18(21)22)5-10(12)16/h2-5H,6H2,1H3,(H,17,19). The number of thiophene rings is 1. The molecule has 0 fully saturated rings. The van der Waals surface area contributed by atoms with Gasteiger partial charge in [-0.2, -0.15) is 0 Å². The van der Waals surface area contributed by atoms with Crippen LogP contribution in [0.25, 0.3) is 0 Å². The molecule has 0 aliphatic rings. The first-order valence-corrected chi connectivity index (χ1v) is 8.90. The van der Waals surface area contributed by atoms with E-state index in [1.54, 1.807) is 18.4 Å². The summed E-state index contributed by atoms with van der Waals surface area (Å²) in [5.41, 5.74) is 0.964. The highest BCUT2D eigenvalue weighted by Gasteiger charge is 2.18. The first-order valence-electron chi connectivity index (χ1n) is 6.44. The molecule has 2 aromatic rings. The van der Waals surface area contributed by atoms with E-state index < -0.39 is 23.4 Å². The van der Waals surface area contributed by atoms with Crippen LogP contribution in [-0.2, 0) is 9.53 Å². The van der Waals surface area contributed by atoms with E-state index in [4.69, 9.17) is 4.74 Å². The van der Waals surface area contributed by atoms with Gasteiger partial charge >= 0.3 is 5.97 Å². The number of ether oxygens (including phenoxy) is 1. The van der Waals surface area contributed by atoms with Gasteiger partial charge in [0.25, 0.3) is 11.6 Å². The van der Waals surface area contributed by atoms with Gasteiger partial charge in [-0.15, -0.1) is 11.3 Å². The van der Waals surface area contributed by atoms with Crippen LogP contribution in [0.2, 0.25) is 0 Å². The highest BCUT2D eigenvalue weighted by atomic mass is 79.9. The summed E-state index contributed by atoms with van der Waals surface area (Å²) in [6.45, 7) is 1.31. The molecule has 0 aliphatic heterocycles. The third kappa shape index (κ3) is 4.40. The van der Waals surface area contributed by atoms with E-state index in [2.05, 4.69) is 37.2 Å². The molecule has 1 N–H and O–H groups in total. The number of aryl methyl sites for hydroxylation is 1. The molecule has 1 amide bonds. The van der Waals surface area contributed by atoms with E-state index in [0.29, 0.717) is 19.5 Å². The van der Waals surface area contributed by atoms with Crippen LogP contribution in [0.4, 0.5) is 11.4 Å². The zero-order chi connectivity index (χ0) is 17.9. The fraction of sp³-hybridized carbons (Fsp3) is 0.143. The molecule has 126 valence electrons. The van der Waals surface area contributed by atoms with Gasteiger partial charge in [0.2, 0.25) is 0 Å². The van der Waals surface area contributed by atoms with Crippen LogP contribution in [0.15, 0.2) is 32.5 Å². The van der Waals surface area contributed by atoms with Gasteiger partial charge in [-0.25, -0.2) is 4.79 Å². The van der Waals surface area contributed by atoms with Crippen molar-refractivity contribution in [3.05, 3.63) is 53.1 Å². The van der Waals surface area contributed by atoms with Gasteiger partial charge in [0.1, 0.15) is 4.88 Å². The summed E-state index contributed by atoms with van der Waals surface area (Å²) in [4.78, 5) is 34.5. The SMILES string of the molecule is Cc1ccsc1C(=O)OCC(=O)Nc1c(Br)cc([N+](=O)[O-])cc1Br. The maximum absolute atomic E-state index is 11.9. The van der Waals surface area contributed by atoms with Crippen molar-refractivity contribution >= 4 is 66.4 Å². The number of carbonyl (C=O) groups is 2. The first-order chi connectivity index (χ1) is 11.3. The van der Waals surface area contributed by atoms with Gasteiger partial charge in [0, 0.05) is 21.1 Å². The van der Waals surface area contributed by atoms with Crippen molar-refractivity contribution in [2.75, 3.05) is 11.9 Å². The molecule has 0 unspecified atom stereocenters. The monoisotopic (exact) mass is 476 g/mol. The number of amides is 1. The molecule has 7 nitrogen and oxygen atoms in total. The number of non-ortho nitro benzene ring substituents is 1. The van der Waals surface area contributed by atoms with E-state index in [0.717, 1.165) is 5.56 Å². The molecule has 1 aromatic heterocycles. The quantitative estimate of drug-likeness (QED) is 0.393. The third-order valence-corrected chi connectivity index (χ3v) is 5.13. The lowest BCUT2D eigenvalue weighted by molar-refractivity contribution is -0.385. The molecule has 0 saturated heterocycles. The molecule has 0 bridgehead atoms. The fourth-order valence-corrected chi connectivity index (χ4v) is 3.92. The molecular weight excluding hydrogens is 468 g/mol. The van der Waals surface area contributed by atoms with Crippen molar-refractivity contribution in [3.8, 4) is 0 Å². The predicted molar refractivity (Wildman–Crippen MR) is 96.5 cm³/mol. The highest BCUT2D eigenvalue weighted by Crippen LogP contribution is 2.35. The molecule has 1 heterocycles. The van der Waals surface area contributed by atoms with Crippen LogP contribution in [0.5, 0.6) is 0 Å². The third-order valence-electron chi connectivity index (χ3n) is 2.88. The molecule has 10 heteroatoms. The number of hydrogen-bond acceptors (Lipinski definition) is 6. The number of halogens is 2. The first kappa shape index (κ1) is 18.6. The fourth-order valence-electron chi connectivity index (χ4n) is 1.74. The highest BCUT2D eigenvalue weighted by molar-refractivity contribution is 9.11. The minimum Gasteiger partial charge on any atom is -0.451 e. The lowest BCUT2D eigenvalue weighted by Gasteiger charge is -2.10. The maximum Gasteiger partial charge on any atom is 0.349 e. The smallest absolute Gasteiger partial charge is 0.349 e. The summed E-state index contributed by atoms with van der Waals surface area (Å²) in [6.07, 6.45) is 0. The summed E-state index contributed by atoms with van der Waals surface area (Å²) in [5.74, 6) is -1.13. The molecule has 24 heavy (non-hydrogen) atoms. The Kier molecular flexibility index (Phi) is 6.08. The van der Waals surface area contributed by atoms with Crippen LogP contribution >= 0.6 is 43.2 Å². The van der Waals surface area contributed by atoms with E-state index >= 15 is 0 Å². The average molecular weight is 478 g/mol. The number of nitrogens with zero attached hydrogens (tertiary/aromatic N) is 1. The predicted octanol–water partition coefficient (Wildman–Crippen LogP) is 4.29. The molecule has 0 saturated carbocycles. The molecule has 1 aromatic carbocycles. The molecule has 2 rings (SSSR count). The largest absolute Gasteiger partial charge is 0.451 e. The van der Waals surface area contributed by atoms with Crippen molar-refractivity contribution in [2.45, 2.75) is 6.92 Å². The Labute approximate surface area is 157 Å². The Morgan fingerprint density at radius 3 is 2.46 bits per heavy atom. The van der Waals surface area contributed by atoms with Gasteiger partial charge in [0.05, 0.1) is 10.6 Å². The molecular formula is C14H10Br2N2O5S. The van der Waals surface area contributed by atoms with Crippen molar-refractivity contribution in [2.24, 2.45) is 0 Å². The van der Waals surface area contributed by atoms with Gasteiger partial charge < -0.3 is 10.1 Å². The number of nitro groups is 1. The van der Waals surface area contributed by atoms with Crippen LogP contribution < -0.4 is 5.32 Å². The normalized spacial score (nSPS) is 10.3. The zero-order valence-electron chi connectivity index (χ0n) is 12.2. The number of esters is 1. The molecule has 0 aliphatic carbocycles. The molecule has 0 atom stereocenters. The number of nitrogens with one attached hydrogen (secondary N) is 1. The summed E-state index contributed by atoms with van der Waals surface area (Å²) >= 11 is 7.56. The lowest BCUT2D eigenvalue weighted by atomic mass is 10.3. The molecule has 0 spiro atoms. The maximum atomic E-state index is 11.9. The van der Waals surface area contributed by atoms with Gasteiger partial charge in [0.15, 0.2) is 6.61 Å². The van der Waals surface area contributed by atoms with Crippen LogP contribution in [0.3, 0.4) is 0 Å². The Bertz CT molecular complexity index is 798. The Balaban J connectivity index is 2.01. The van der Waals surface area contributed by atoms with Crippen LogP contribution in [-0.4, -0.2) is 23.4 Å². The minimum absolute atomic E-state index is 0.133. The second-order valence-corrected chi connectivity index (χ2v) is 7.22. The molecule has 0 radical (unpaired) electrons. The van der Waals surface area contributed by atoms with Crippen molar-refractivity contribution in [3.63, 3.8) is 0 Å². The van der Waals surface area contributed by atoms with E-state index in [-0.39, 0.29) is 5.69 Å². The summed E-state index contributed by atoms with van der Waals surface area (Å²) in [7, 11) is 0. The number of benzene rings is 1. The Morgan fingerprint density at radius 1 is 1.33 bits per heavy atom. The number of hydrogen-bond donors (Lipinski definition) is 1. The number of nitro benzene ring substituents is 1. The van der Waals surface area contributed by atoms with Crippen molar-refractivity contribution in [1.82, 2.24) is 0 Å². The number of carbonyl (C=O) groups excluding carboxylic acids is 2. The van der Waals surface area contributed by atoms with Gasteiger partial charge in [-0.05, 0) is 55.8 Å². The number of anilines is 1. The van der Waals surface area contributed by atoms with Gasteiger partial charge in [-0.3, -0.25) is 14.9 Å². The van der Waals surface area contributed by atoms with Gasteiger partial charge in [-0.1, -0.05) is 0 Å². The second kappa shape index (κ2) is 7.86.